The van der Waals surface area contributed by atoms with E-state index >= 15 is 0 Å². The van der Waals surface area contributed by atoms with Gasteiger partial charge in [0.05, 0.1) is 12.2 Å². The second-order valence-electron chi connectivity index (χ2n) is 9.99. The number of fused-ring (bicyclic) bond motifs is 1. The SMILES string of the molecule is CC1(C)O[C@H]2C3=C4[C@@H](CCCC[C@@]42O1)[C@H](C1(O)CCCCC1)/C=C\C=C/3CO. The Labute approximate surface area is 168 Å². The van der Waals surface area contributed by atoms with E-state index in [-0.39, 0.29) is 30.1 Å². The second-order valence-corrected chi connectivity index (χ2v) is 9.99. The molecule has 154 valence electrons. The molecule has 0 aromatic carbocycles. The zero-order chi connectivity index (χ0) is 19.6. The summed E-state index contributed by atoms with van der Waals surface area (Å²) in [7, 11) is 0. The van der Waals surface area contributed by atoms with Gasteiger partial charge in [0.15, 0.2) is 5.79 Å². The molecule has 28 heavy (non-hydrogen) atoms. The molecule has 4 atom stereocenters. The molecule has 5 rings (SSSR count). The molecule has 4 nitrogen and oxygen atoms in total. The van der Waals surface area contributed by atoms with Crippen LogP contribution in [0.25, 0.3) is 0 Å². The minimum Gasteiger partial charge on any atom is -0.392 e. The average Bonchev–Trinajstić information content (AvgIpc) is 2.76. The number of hydrogen-bond donors (Lipinski definition) is 2. The summed E-state index contributed by atoms with van der Waals surface area (Å²) in [4.78, 5) is 0. The maximum atomic E-state index is 11.7. The largest absolute Gasteiger partial charge is 0.392 e. The number of aliphatic hydroxyl groups is 2. The topological polar surface area (TPSA) is 58.9 Å². The summed E-state index contributed by atoms with van der Waals surface area (Å²) in [6, 6.07) is 0. The van der Waals surface area contributed by atoms with E-state index in [0.717, 1.165) is 62.5 Å². The van der Waals surface area contributed by atoms with Crippen molar-refractivity contribution < 1.29 is 19.7 Å². The standard InChI is InChI=1S/C24H34O4/c1-22(2)27-21-19-16(15-25)9-8-11-18(23(26)12-5-3-6-13-23)17-10-4-7-14-24(21,28-22)20(17)19/h8-9,11,17-18,21,25-26H,3-7,10,12-15H2,1-2H3/b11-8-,16-9-/t17-,18+,21-,24+/m0/s1. The summed E-state index contributed by atoms with van der Waals surface area (Å²) >= 11 is 0. The molecule has 2 N–H and O–H groups in total. The number of ether oxygens (including phenoxy) is 2. The molecular weight excluding hydrogens is 352 g/mol. The van der Waals surface area contributed by atoms with Crippen LogP contribution in [0.5, 0.6) is 0 Å². The molecule has 0 amide bonds. The Morgan fingerprint density at radius 3 is 2.57 bits per heavy atom. The van der Waals surface area contributed by atoms with Crippen LogP contribution in [0, 0.1) is 11.8 Å². The maximum Gasteiger partial charge on any atom is 0.165 e. The first-order valence-corrected chi connectivity index (χ1v) is 11.2. The number of hydrogen-bond acceptors (Lipinski definition) is 4. The van der Waals surface area contributed by atoms with Crippen molar-refractivity contribution in [1.29, 1.82) is 0 Å². The van der Waals surface area contributed by atoms with Crippen molar-refractivity contribution in [3.05, 3.63) is 34.9 Å². The number of allylic oxidation sites excluding steroid dienone is 2. The average molecular weight is 387 g/mol. The van der Waals surface area contributed by atoms with Crippen LogP contribution in [0.15, 0.2) is 34.9 Å². The van der Waals surface area contributed by atoms with E-state index in [9.17, 15) is 10.2 Å². The summed E-state index contributed by atoms with van der Waals surface area (Å²) in [5.41, 5.74) is 2.44. The van der Waals surface area contributed by atoms with Crippen LogP contribution in [0.4, 0.5) is 0 Å². The molecule has 4 heteroatoms. The first kappa shape index (κ1) is 19.0. The lowest BCUT2D eigenvalue weighted by atomic mass is 9.57. The second kappa shape index (κ2) is 6.53. The van der Waals surface area contributed by atoms with E-state index in [0.29, 0.717) is 0 Å². The molecule has 0 aromatic rings. The van der Waals surface area contributed by atoms with Crippen LogP contribution >= 0.6 is 0 Å². The van der Waals surface area contributed by atoms with Gasteiger partial charge in [-0.15, -0.1) is 0 Å². The third kappa shape index (κ3) is 2.64. The molecule has 1 spiro atoms. The molecule has 1 aliphatic heterocycles. The minimum atomic E-state index is -0.631. The van der Waals surface area contributed by atoms with Gasteiger partial charge >= 0.3 is 0 Å². The highest BCUT2D eigenvalue weighted by atomic mass is 16.8. The molecule has 0 bridgehead atoms. The van der Waals surface area contributed by atoms with Crippen molar-refractivity contribution in [1.82, 2.24) is 0 Å². The molecule has 2 saturated carbocycles. The maximum absolute atomic E-state index is 11.7. The molecule has 3 fully saturated rings. The van der Waals surface area contributed by atoms with Crippen LogP contribution in [-0.2, 0) is 9.47 Å². The van der Waals surface area contributed by atoms with E-state index in [1.54, 1.807) is 0 Å². The van der Waals surface area contributed by atoms with Gasteiger partial charge in [-0.25, -0.2) is 0 Å². The molecule has 4 aliphatic carbocycles. The first-order valence-electron chi connectivity index (χ1n) is 11.2. The van der Waals surface area contributed by atoms with Crippen LogP contribution in [0.2, 0.25) is 0 Å². The van der Waals surface area contributed by atoms with Gasteiger partial charge in [0.25, 0.3) is 0 Å². The highest BCUT2D eigenvalue weighted by Crippen LogP contribution is 2.63. The highest BCUT2D eigenvalue weighted by Gasteiger charge is 2.67. The number of aliphatic hydroxyl groups excluding tert-OH is 1. The van der Waals surface area contributed by atoms with Gasteiger partial charge in [-0.1, -0.05) is 50.3 Å². The van der Waals surface area contributed by atoms with Crippen LogP contribution in [0.3, 0.4) is 0 Å². The summed E-state index contributed by atoms with van der Waals surface area (Å²) < 4.78 is 13.0. The van der Waals surface area contributed by atoms with Crippen molar-refractivity contribution in [3.8, 4) is 0 Å². The molecular formula is C24H34O4. The molecule has 5 aliphatic rings. The Bertz CT molecular complexity index is 740. The smallest absolute Gasteiger partial charge is 0.165 e. The minimum absolute atomic E-state index is 0.0151. The number of rotatable bonds is 2. The Kier molecular flexibility index (Phi) is 4.44. The quantitative estimate of drug-likeness (QED) is 0.748. The van der Waals surface area contributed by atoms with Crippen LogP contribution in [0.1, 0.15) is 71.6 Å². The summed E-state index contributed by atoms with van der Waals surface area (Å²) in [6.07, 6.45) is 15.8. The third-order valence-corrected chi connectivity index (χ3v) is 7.85. The Morgan fingerprint density at radius 1 is 1.07 bits per heavy atom. The fraction of sp³-hybridized carbons (Fsp3) is 0.750. The van der Waals surface area contributed by atoms with Gasteiger partial charge in [0, 0.05) is 5.92 Å². The Morgan fingerprint density at radius 2 is 1.82 bits per heavy atom. The normalized spacial score (nSPS) is 44.1. The van der Waals surface area contributed by atoms with Crippen LogP contribution < -0.4 is 0 Å². The predicted molar refractivity (Wildman–Crippen MR) is 108 cm³/mol. The van der Waals surface area contributed by atoms with E-state index in [2.05, 4.69) is 12.2 Å². The fourth-order valence-corrected chi connectivity index (χ4v) is 6.81. The van der Waals surface area contributed by atoms with Crippen molar-refractivity contribution in [2.24, 2.45) is 11.8 Å². The van der Waals surface area contributed by atoms with Crippen molar-refractivity contribution in [2.45, 2.75) is 94.7 Å². The molecule has 1 saturated heterocycles. The van der Waals surface area contributed by atoms with Crippen molar-refractivity contribution in [2.75, 3.05) is 6.61 Å². The van der Waals surface area contributed by atoms with Gasteiger partial charge in [0.1, 0.15) is 11.7 Å². The fourth-order valence-electron chi connectivity index (χ4n) is 6.81. The monoisotopic (exact) mass is 386 g/mol. The summed E-state index contributed by atoms with van der Waals surface area (Å²) in [6.45, 7) is 4.02. The van der Waals surface area contributed by atoms with Crippen molar-refractivity contribution >= 4 is 0 Å². The van der Waals surface area contributed by atoms with Crippen LogP contribution in [-0.4, -0.2) is 39.9 Å². The van der Waals surface area contributed by atoms with E-state index in [1.807, 2.05) is 19.9 Å². The first-order chi connectivity index (χ1) is 13.4. The third-order valence-electron chi connectivity index (χ3n) is 7.85. The summed E-state index contributed by atoms with van der Waals surface area (Å²) in [5, 5.41) is 21.8. The molecule has 0 aromatic heterocycles. The molecule has 1 heterocycles. The van der Waals surface area contributed by atoms with Gasteiger partial charge in [0.2, 0.25) is 0 Å². The van der Waals surface area contributed by atoms with E-state index in [4.69, 9.17) is 9.47 Å². The predicted octanol–water partition coefficient (Wildman–Crippen LogP) is 4.18. The summed E-state index contributed by atoms with van der Waals surface area (Å²) in [5.74, 6) is -0.246. The lowest BCUT2D eigenvalue weighted by Crippen LogP contribution is -2.57. The lowest BCUT2D eigenvalue weighted by Gasteiger charge is -2.52. The Hall–Kier alpha value is -0.940. The van der Waals surface area contributed by atoms with Crippen molar-refractivity contribution in [3.63, 3.8) is 0 Å². The zero-order valence-electron chi connectivity index (χ0n) is 17.2. The highest BCUT2D eigenvalue weighted by molar-refractivity contribution is 5.58. The van der Waals surface area contributed by atoms with E-state index in [1.165, 1.54) is 12.0 Å². The van der Waals surface area contributed by atoms with E-state index < -0.39 is 11.4 Å². The zero-order valence-corrected chi connectivity index (χ0v) is 17.2. The van der Waals surface area contributed by atoms with Gasteiger partial charge in [-0.2, -0.15) is 0 Å². The van der Waals surface area contributed by atoms with Gasteiger partial charge in [-0.05, 0) is 62.2 Å². The van der Waals surface area contributed by atoms with Gasteiger partial charge < -0.3 is 19.7 Å². The Balaban J connectivity index is 1.65. The van der Waals surface area contributed by atoms with Gasteiger partial charge in [-0.3, -0.25) is 0 Å². The molecule has 0 unspecified atom stereocenters. The molecule has 0 radical (unpaired) electrons. The lowest BCUT2D eigenvalue weighted by molar-refractivity contribution is -0.155.